The summed E-state index contributed by atoms with van der Waals surface area (Å²) in [5.74, 6) is -1.12. The molecule has 2 unspecified atom stereocenters. The van der Waals surface area contributed by atoms with Gasteiger partial charge < -0.3 is 15.4 Å². The molecule has 0 spiro atoms. The van der Waals surface area contributed by atoms with E-state index in [1.165, 1.54) is 12.1 Å². The number of benzene rings is 2. The Kier molecular flexibility index (Phi) is 6.42. The van der Waals surface area contributed by atoms with E-state index in [0.717, 1.165) is 0 Å². The van der Waals surface area contributed by atoms with Crippen molar-refractivity contribution in [2.24, 2.45) is 5.92 Å². The highest BCUT2D eigenvalue weighted by atomic mass is 35.5. The molecule has 3 rings (SSSR count). The number of nitrogens with one attached hydrogen (secondary N) is 2. The van der Waals surface area contributed by atoms with E-state index < -0.39 is 11.7 Å². The average molecular weight is 391 g/mol. The van der Waals surface area contributed by atoms with Crippen LogP contribution in [0, 0.1) is 11.7 Å². The van der Waals surface area contributed by atoms with Crippen molar-refractivity contribution in [1.82, 2.24) is 10.6 Å². The fourth-order valence-electron chi connectivity index (χ4n) is 2.99. The fraction of sp³-hybridized carbons (Fsp3) is 0.300. The summed E-state index contributed by atoms with van der Waals surface area (Å²) in [7, 11) is 0. The van der Waals surface area contributed by atoms with Crippen molar-refractivity contribution < 1.29 is 18.7 Å². The molecule has 1 saturated heterocycles. The number of ether oxygens (including phenoxy) is 1. The van der Waals surface area contributed by atoms with Gasteiger partial charge in [-0.3, -0.25) is 9.59 Å². The standard InChI is InChI=1S/C20H20ClFN2O3/c21-17-7-3-1-5-15(17)19(25)24-11-14-9-13(12-27-14)10-23-20(26)16-6-2-4-8-18(16)22/h1-8,13-14H,9-12H2,(H,23,26)(H,24,25). The third-order valence-corrected chi connectivity index (χ3v) is 4.77. The van der Waals surface area contributed by atoms with E-state index in [-0.39, 0.29) is 23.5 Å². The van der Waals surface area contributed by atoms with Crippen LogP contribution in [0.1, 0.15) is 27.1 Å². The zero-order valence-electron chi connectivity index (χ0n) is 14.6. The summed E-state index contributed by atoms with van der Waals surface area (Å²) in [4.78, 5) is 24.2. The number of halogens is 2. The van der Waals surface area contributed by atoms with Crippen LogP contribution in [-0.4, -0.2) is 37.6 Å². The predicted molar refractivity (Wildman–Crippen MR) is 100 cm³/mol. The fourth-order valence-corrected chi connectivity index (χ4v) is 3.21. The molecule has 2 N–H and O–H groups in total. The average Bonchev–Trinajstić information content (AvgIpc) is 3.13. The highest BCUT2D eigenvalue weighted by Crippen LogP contribution is 2.19. The maximum Gasteiger partial charge on any atom is 0.254 e. The van der Waals surface area contributed by atoms with Crippen LogP contribution in [0.3, 0.4) is 0 Å². The van der Waals surface area contributed by atoms with Gasteiger partial charge in [-0.05, 0) is 30.7 Å². The molecule has 0 aliphatic carbocycles. The summed E-state index contributed by atoms with van der Waals surface area (Å²) in [6.07, 6.45) is 0.562. The lowest BCUT2D eigenvalue weighted by atomic mass is 10.1. The van der Waals surface area contributed by atoms with E-state index in [2.05, 4.69) is 10.6 Å². The van der Waals surface area contributed by atoms with Crippen LogP contribution in [0.2, 0.25) is 5.02 Å². The number of amides is 2. The Hall–Kier alpha value is -2.44. The normalized spacial score (nSPS) is 18.9. The van der Waals surface area contributed by atoms with Crippen LogP contribution >= 0.6 is 11.6 Å². The number of hydrogen-bond donors (Lipinski definition) is 2. The topological polar surface area (TPSA) is 67.4 Å². The summed E-state index contributed by atoms with van der Waals surface area (Å²) in [6.45, 7) is 1.23. The molecule has 1 heterocycles. The lowest BCUT2D eigenvalue weighted by molar-refractivity contribution is 0.0843. The molecule has 0 aromatic heterocycles. The molecule has 2 amide bonds. The Morgan fingerprint density at radius 3 is 2.37 bits per heavy atom. The van der Waals surface area contributed by atoms with Crippen molar-refractivity contribution in [1.29, 1.82) is 0 Å². The Morgan fingerprint density at radius 2 is 1.63 bits per heavy atom. The van der Waals surface area contributed by atoms with E-state index in [4.69, 9.17) is 16.3 Å². The molecular weight excluding hydrogens is 371 g/mol. The molecule has 1 aliphatic heterocycles. The smallest absolute Gasteiger partial charge is 0.254 e. The van der Waals surface area contributed by atoms with Crippen molar-refractivity contribution in [3.05, 3.63) is 70.5 Å². The minimum Gasteiger partial charge on any atom is -0.376 e. The van der Waals surface area contributed by atoms with Gasteiger partial charge in [0.25, 0.3) is 11.8 Å². The molecule has 7 heteroatoms. The lowest BCUT2D eigenvalue weighted by Crippen LogP contribution is -2.33. The quantitative estimate of drug-likeness (QED) is 0.796. The second-order valence-electron chi connectivity index (χ2n) is 6.44. The van der Waals surface area contributed by atoms with Crippen molar-refractivity contribution in [3.8, 4) is 0 Å². The predicted octanol–water partition coefficient (Wildman–Crippen LogP) is 3.04. The molecule has 2 aromatic rings. The van der Waals surface area contributed by atoms with Crippen LogP contribution < -0.4 is 10.6 Å². The van der Waals surface area contributed by atoms with E-state index >= 15 is 0 Å². The number of rotatable bonds is 6. The Balaban J connectivity index is 1.43. The minimum atomic E-state index is -0.544. The molecule has 2 aromatic carbocycles. The summed E-state index contributed by atoms with van der Waals surface area (Å²) in [5, 5.41) is 5.95. The molecule has 2 atom stereocenters. The highest BCUT2D eigenvalue weighted by molar-refractivity contribution is 6.33. The molecular formula is C20H20ClFN2O3. The Bertz CT molecular complexity index is 763. The van der Waals surface area contributed by atoms with Gasteiger partial charge in [0.05, 0.1) is 28.9 Å². The first-order valence-electron chi connectivity index (χ1n) is 8.71. The number of carbonyl (C=O) groups excluding carboxylic acids is 2. The molecule has 1 fully saturated rings. The van der Waals surface area contributed by atoms with Crippen molar-refractivity contribution >= 4 is 23.4 Å². The van der Waals surface area contributed by atoms with Crippen LogP contribution in [-0.2, 0) is 4.74 Å². The van der Waals surface area contributed by atoms with Crippen molar-refractivity contribution in [2.45, 2.75) is 12.5 Å². The molecule has 27 heavy (non-hydrogen) atoms. The van der Waals surface area contributed by atoms with E-state index in [1.807, 2.05) is 0 Å². The maximum absolute atomic E-state index is 13.6. The summed E-state index contributed by atoms with van der Waals surface area (Å²) in [5.41, 5.74) is 0.450. The molecule has 5 nitrogen and oxygen atoms in total. The second kappa shape index (κ2) is 8.97. The molecule has 1 aliphatic rings. The second-order valence-corrected chi connectivity index (χ2v) is 6.84. The minimum absolute atomic E-state index is 0.0277. The summed E-state index contributed by atoms with van der Waals surface area (Å²) < 4.78 is 19.3. The first-order chi connectivity index (χ1) is 13.0. The van der Waals surface area contributed by atoms with Gasteiger partial charge in [-0.25, -0.2) is 4.39 Å². The summed E-state index contributed by atoms with van der Waals surface area (Å²) >= 11 is 6.01. The van der Waals surface area contributed by atoms with Crippen molar-refractivity contribution in [2.75, 3.05) is 19.7 Å². The van der Waals surface area contributed by atoms with E-state index in [1.54, 1.807) is 36.4 Å². The molecule has 142 valence electrons. The van der Waals surface area contributed by atoms with Gasteiger partial charge in [-0.15, -0.1) is 0 Å². The van der Waals surface area contributed by atoms with Crippen LogP contribution in [0.25, 0.3) is 0 Å². The zero-order chi connectivity index (χ0) is 19.2. The van der Waals surface area contributed by atoms with E-state index in [0.29, 0.717) is 36.7 Å². The third-order valence-electron chi connectivity index (χ3n) is 4.44. The number of carbonyl (C=O) groups is 2. The maximum atomic E-state index is 13.6. The van der Waals surface area contributed by atoms with Gasteiger partial charge >= 0.3 is 0 Å². The van der Waals surface area contributed by atoms with Gasteiger partial charge in [0.1, 0.15) is 5.82 Å². The van der Waals surface area contributed by atoms with E-state index in [9.17, 15) is 14.0 Å². The highest BCUT2D eigenvalue weighted by Gasteiger charge is 2.26. The number of hydrogen-bond acceptors (Lipinski definition) is 3. The van der Waals surface area contributed by atoms with Gasteiger partial charge in [-0.2, -0.15) is 0 Å². The van der Waals surface area contributed by atoms with Crippen molar-refractivity contribution in [3.63, 3.8) is 0 Å². The monoisotopic (exact) mass is 390 g/mol. The first kappa shape index (κ1) is 19.3. The Labute approximate surface area is 161 Å². The largest absolute Gasteiger partial charge is 0.376 e. The van der Waals surface area contributed by atoms with Gasteiger partial charge in [-0.1, -0.05) is 35.9 Å². The van der Waals surface area contributed by atoms with Crippen LogP contribution in [0.15, 0.2) is 48.5 Å². The van der Waals surface area contributed by atoms with Gasteiger partial charge in [0.15, 0.2) is 0 Å². The first-order valence-corrected chi connectivity index (χ1v) is 9.09. The molecule has 0 bridgehead atoms. The molecule has 0 saturated carbocycles. The Morgan fingerprint density at radius 1 is 1.00 bits per heavy atom. The lowest BCUT2D eigenvalue weighted by Gasteiger charge is -2.12. The molecule has 0 radical (unpaired) electrons. The third kappa shape index (κ3) is 5.05. The zero-order valence-corrected chi connectivity index (χ0v) is 15.3. The summed E-state index contributed by atoms with van der Waals surface area (Å²) in [6, 6.07) is 12.7. The van der Waals surface area contributed by atoms with Gasteiger partial charge in [0, 0.05) is 19.0 Å². The SMILES string of the molecule is O=C(NCC1COC(CNC(=O)c2ccccc2Cl)C1)c1ccccc1F. The van der Waals surface area contributed by atoms with Crippen LogP contribution in [0.4, 0.5) is 4.39 Å². The van der Waals surface area contributed by atoms with Crippen LogP contribution in [0.5, 0.6) is 0 Å². The van der Waals surface area contributed by atoms with Gasteiger partial charge in [0.2, 0.25) is 0 Å².